The van der Waals surface area contributed by atoms with Crippen LogP contribution in [0.5, 0.6) is 0 Å². The van der Waals surface area contributed by atoms with Gasteiger partial charge in [-0.3, -0.25) is 9.59 Å². The molecule has 1 aliphatic carbocycles. The lowest BCUT2D eigenvalue weighted by molar-refractivity contribution is -0.175. The third-order valence-electron chi connectivity index (χ3n) is 3.67. The summed E-state index contributed by atoms with van der Waals surface area (Å²) in [5, 5.41) is 10.6. The van der Waals surface area contributed by atoms with E-state index in [0.29, 0.717) is 25.7 Å². The molecule has 2 fully saturated rings. The van der Waals surface area contributed by atoms with Crippen LogP contribution in [0.3, 0.4) is 0 Å². The summed E-state index contributed by atoms with van der Waals surface area (Å²) in [6.07, 6.45) is -3.41. The molecule has 19 heavy (non-hydrogen) atoms. The maximum atomic E-state index is 12.0. The number of aliphatic carboxylic acids is 1. The van der Waals surface area contributed by atoms with Crippen LogP contribution in [-0.4, -0.2) is 41.4 Å². The smallest absolute Gasteiger partial charge is 0.471 e. The van der Waals surface area contributed by atoms with Crippen molar-refractivity contribution in [3.8, 4) is 0 Å². The Morgan fingerprint density at radius 3 is 2.53 bits per heavy atom. The van der Waals surface area contributed by atoms with Gasteiger partial charge in [-0.2, -0.15) is 13.2 Å². The van der Waals surface area contributed by atoms with Crippen molar-refractivity contribution in [1.29, 1.82) is 0 Å². The number of rotatable bonds is 3. The van der Waals surface area contributed by atoms with Gasteiger partial charge in [0.1, 0.15) is 0 Å². The van der Waals surface area contributed by atoms with E-state index in [1.807, 2.05) is 0 Å². The van der Waals surface area contributed by atoms with E-state index in [2.05, 4.69) is 0 Å². The van der Waals surface area contributed by atoms with Crippen LogP contribution in [0, 0.1) is 5.92 Å². The number of carbonyl (C=O) groups is 2. The summed E-state index contributed by atoms with van der Waals surface area (Å²) in [4.78, 5) is 21.3. The molecule has 1 aliphatic heterocycles. The fourth-order valence-corrected chi connectivity index (χ4v) is 2.66. The van der Waals surface area contributed by atoms with Gasteiger partial charge in [0.05, 0.1) is 17.6 Å². The van der Waals surface area contributed by atoms with Crippen molar-refractivity contribution in [2.45, 2.75) is 43.6 Å². The number of carbonyl (C=O) groups excluding carboxylic acids is 1. The van der Waals surface area contributed by atoms with Crippen LogP contribution in [0.25, 0.3) is 0 Å². The van der Waals surface area contributed by atoms with Crippen LogP contribution >= 0.6 is 0 Å². The predicted molar refractivity (Wildman–Crippen MR) is 56.3 cm³/mol. The molecular formula is C11H14F3NO4. The van der Waals surface area contributed by atoms with E-state index in [4.69, 9.17) is 9.84 Å². The van der Waals surface area contributed by atoms with Gasteiger partial charge in [-0.1, -0.05) is 0 Å². The molecule has 8 heteroatoms. The van der Waals surface area contributed by atoms with Crippen molar-refractivity contribution in [2.24, 2.45) is 5.92 Å². The van der Waals surface area contributed by atoms with Crippen molar-refractivity contribution < 1.29 is 32.6 Å². The maximum Gasteiger partial charge on any atom is 0.471 e. The van der Waals surface area contributed by atoms with Gasteiger partial charge in [-0.15, -0.1) is 0 Å². The number of amides is 1. The van der Waals surface area contributed by atoms with Gasteiger partial charge in [-0.25, -0.2) is 0 Å². The van der Waals surface area contributed by atoms with Crippen molar-refractivity contribution in [2.75, 3.05) is 6.54 Å². The molecule has 2 aliphatic rings. The molecule has 0 bridgehead atoms. The molecule has 1 atom stereocenters. The van der Waals surface area contributed by atoms with E-state index in [1.165, 1.54) is 0 Å². The molecule has 1 spiro atoms. The third kappa shape index (κ3) is 2.99. The van der Waals surface area contributed by atoms with Gasteiger partial charge in [0.15, 0.2) is 0 Å². The Balaban J connectivity index is 1.75. The molecule has 108 valence electrons. The lowest BCUT2D eigenvalue weighted by atomic mass is 9.69. The van der Waals surface area contributed by atoms with Gasteiger partial charge in [0.2, 0.25) is 0 Å². The quantitative estimate of drug-likeness (QED) is 0.811. The Morgan fingerprint density at radius 2 is 2.00 bits per heavy atom. The average molecular weight is 281 g/mol. The zero-order valence-corrected chi connectivity index (χ0v) is 10.00. The fraction of sp³-hybridized carbons (Fsp3) is 0.818. The lowest BCUT2D eigenvalue weighted by Gasteiger charge is -2.42. The summed E-state index contributed by atoms with van der Waals surface area (Å²) in [5.74, 6) is -3.28. The normalized spacial score (nSPS) is 34.1. The Bertz CT molecular complexity index is 390. The highest BCUT2D eigenvalue weighted by Gasteiger charge is 2.52. The minimum atomic E-state index is -4.89. The molecule has 0 aromatic rings. The van der Waals surface area contributed by atoms with Crippen LogP contribution in [0.2, 0.25) is 0 Å². The highest BCUT2D eigenvalue weighted by atomic mass is 19.4. The molecule has 1 saturated heterocycles. The summed E-state index contributed by atoms with van der Waals surface area (Å²) >= 11 is 0. The summed E-state index contributed by atoms with van der Waals surface area (Å²) in [5.41, 5.74) is -0.503. The summed E-state index contributed by atoms with van der Waals surface area (Å²) in [6, 6.07) is 0. The summed E-state index contributed by atoms with van der Waals surface area (Å²) in [7, 11) is 0. The van der Waals surface area contributed by atoms with Crippen LogP contribution in [0.1, 0.15) is 25.7 Å². The third-order valence-corrected chi connectivity index (χ3v) is 3.67. The zero-order chi connectivity index (χ0) is 14.3. The number of hydrogen-bond donors (Lipinski definition) is 2. The van der Waals surface area contributed by atoms with Crippen LogP contribution < -0.4 is 5.32 Å². The zero-order valence-electron chi connectivity index (χ0n) is 10.00. The molecule has 1 heterocycles. The number of hydrogen-bond acceptors (Lipinski definition) is 3. The van der Waals surface area contributed by atoms with E-state index in [-0.39, 0.29) is 6.54 Å². The molecule has 1 amide bonds. The Morgan fingerprint density at radius 1 is 1.37 bits per heavy atom. The van der Waals surface area contributed by atoms with E-state index in [9.17, 15) is 22.8 Å². The standard InChI is InChI=1S/C11H14F3NO4/c12-11(13,14)9(18)15-5-7-1-2-10(19-7)3-6(4-10)8(16)17/h6-7H,1-5H2,(H,15,18)(H,16,17). The number of nitrogens with one attached hydrogen (secondary N) is 1. The van der Waals surface area contributed by atoms with Crippen LogP contribution in [0.15, 0.2) is 0 Å². The second-order valence-electron chi connectivity index (χ2n) is 5.11. The maximum absolute atomic E-state index is 12.0. The molecule has 0 aromatic carbocycles. The molecule has 2 rings (SSSR count). The molecule has 1 saturated carbocycles. The summed E-state index contributed by atoms with van der Waals surface area (Å²) in [6.45, 7) is -0.197. The first-order valence-corrected chi connectivity index (χ1v) is 5.97. The van der Waals surface area contributed by atoms with Gasteiger partial charge in [0, 0.05) is 6.54 Å². The Labute approximate surface area is 107 Å². The van der Waals surface area contributed by atoms with Crippen LogP contribution in [0.4, 0.5) is 13.2 Å². The minimum Gasteiger partial charge on any atom is -0.481 e. The molecular weight excluding hydrogens is 267 g/mol. The van der Waals surface area contributed by atoms with E-state index < -0.39 is 35.7 Å². The molecule has 0 aromatic heterocycles. The van der Waals surface area contributed by atoms with E-state index >= 15 is 0 Å². The van der Waals surface area contributed by atoms with Gasteiger partial charge in [-0.05, 0) is 25.7 Å². The van der Waals surface area contributed by atoms with Crippen molar-refractivity contribution in [1.82, 2.24) is 5.32 Å². The molecule has 1 unspecified atom stereocenters. The van der Waals surface area contributed by atoms with Crippen molar-refractivity contribution in [3.05, 3.63) is 0 Å². The van der Waals surface area contributed by atoms with Gasteiger partial charge >= 0.3 is 18.1 Å². The second-order valence-corrected chi connectivity index (χ2v) is 5.11. The highest BCUT2D eigenvalue weighted by Crippen LogP contribution is 2.49. The predicted octanol–water partition coefficient (Wildman–Crippen LogP) is 1.08. The number of alkyl halides is 3. The molecule has 2 N–H and O–H groups in total. The van der Waals surface area contributed by atoms with Gasteiger partial charge < -0.3 is 15.2 Å². The first-order valence-electron chi connectivity index (χ1n) is 5.97. The van der Waals surface area contributed by atoms with Gasteiger partial charge in [0.25, 0.3) is 0 Å². The highest BCUT2D eigenvalue weighted by molar-refractivity contribution is 5.81. The first-order chi connectivity index (χ1) is 8.72. The molecule has 5 nitrogen and oxygen atoms in total. The summed E-state index contributed by atoms with van der Waals surface area (Å²) < 4.78 is 41.5. The number of carboxylic acids is 1. The van der Waals surface area contributed by atoms with E-state index in [0.717, 1.165) is 0 Å². The largest absolute Gasteiger partial charge is 0.481 e. The average Bonchev–Trinajstić information content (AvgIpc) is 2.66. The molecule has 0 radical (unpaired) electrons. The SMILES string of the molecule is O=C(O)C1CC2(CCC(CNC(=O)C(F)(F)F)O2)C1. The van der Waals surface area contributed by atoms with E-state index in [1.54, 1.807) is 5.32 Å². The van der Waals surface area contributed by atoms with Crippen molar-refractivity contribution in [3.63, 3.8) is 0 Å². The number of carboxylic acid groups (broad SMARTS) is 1. The topological polar surface area (TPSA) is 75.6 Å². The fourth-order valence-electron chi connectivity index (χ4n) is 2.66. The lowest BCUT2D eigenvalue weighted by Crippen LogP contribution is -2.48. The second kappa shape index (κ2) is 4.66. The monoisotopic (exact) mass is 281 g/mol. The Hall–Kier alpha value is -1.31. The van der Waals surface area contributed by atoms with Crippen molar-refractivity contribution >= 4 is 11.9 Å². The minimum absolute atomic E-state index is 0.197. The number of halogens is 3. The Kier molecular flexibility index (Phi) is 3.46. The van der Waals surface area contributed by atoms with Crippen LogP contribution in [-0.2, 0) is 14.3 Å². The first kappa shape index (κ1) is 14.1. The number of ether oxygens (including phenoxy) is 1.